The van der Waals surface area contributed by atoms with Crippen LogP contribution in [0.2, 0.25) is 5.02 Å². The molecule has 0 N–H and O–H groups in total. The number of hydrogen-bond acceptors (Lipinski definition) is 2. The molecule has 0 amide bonds. The van der Waals surface area contributed by atoms with Gasteiger partial charge >= 0.3 is 0 Å². The Morgan fingerprint density at radius 3 is 2.67 bits per heavy atom. The molecule has 98 valence electrons. The second-order valence-electron chi connectivity index (χ2n) is 3.81. The average molecular weight is 303 g/mol. The number of imidazole rings is 1. The maximum atomic E-state index is 5.86. The van der Waals surface area contributed by atoms with Crippen LogP contribution in [0.25, 0.3) is 0 Å². The Labute approximate surface area is 123 Å². The minimum atomic E-state index is 0. The highest BCUT2D eigenvalue weighted by Gasteiger charge is 2.04. The van der Waals surface area contributed by atoms with E-state index < -0.39 is 0 Å². The molecule has 1 heterocycles. The molecule has 0 saturated carbocycles. The topological polar surface area (TPSA) is 17.8 Å². The molecule has 0 aliphatic carbocycles. The number of hydrogen-bond donors (Lipinski definition) is 0. The first kappa shape index (κ1) is 15.4. The molecule has 0 spiro atoms. The van der Waals surface area contributed by atoms with Gasteiger partial charge in [0.1, 0.15) is 0 Å². The summed E-state index contributed by atoms with van der Waals surface area (Å²) in [5.41, 5.74) is 0. The second kappa shape index (κ2) is 7.72. The fraction of sp³-hybridized carbons (Fsp3) is 0.308. The zero-order valence-electron chi connectivity index (χ0n) is 10.2. The summed E-state index contributed by atoms with van der Waals surface area (Å²) >= 11 is 7.54. The van der Waals surface area contributed by atoms with Crippen molar-refractivity contribution in [2.75, 3.05) is 0 Å². The molecule has 1 aromatic heterocycles. The summed E-state index contributed by atoms with van der Waals surface area (Å²) in [4.78, 5) is 5.54. The zero-order chi connectivity index (χ0) is 12.1. The van der Waals surface area contributed by atoms with E-state index in [9.17, 15) is 0 Å². The molecular weight excluding hydrogens is 287 g/mol. The molecule has 0 fully saturated rings. The van der Waals surface area contributed by atoms with E-state index in [4.69, 9.17) is 11.6 Å². The first-order valence-corrected chi connectivity index (χ1v) is 6.93. The third-order valence-electron chi connectivity index (χ3n) is 2.45. The van der Waals surface area contributed by atoms with Gasteiger partial charge in [0.25, 0.3) is 0 Å². The highest BCUT2D eigenvalue weighted by molar-refractivity contribution is 7.99. The van der Waals surface area contributed by atoms with Gasteiger partial charge in [0, 0.05) is 28.9 Å². The Bertz CT molecular complexity index is 468. The molecule has 18 heavy (non-hydrogen) atoms. The predicted octanol–water partition coefficient (Wildman–Crippen LogP) is 4.91. The van der Waals surface area contributed by atoms with Crippen LogP contribution in [0, 0.1) is 0 Å². The molecular formula is C13H16Cl2N2S. The quantitative estimate of drug-likeness (QED) is 0.781. The molecule has 5 heteroatoms. The predicted molar refractivity (Wildman–Crippen MR) is 80.0 cm³/mol. The summed E-state index contributed by atoms with van der Waals surface area (Å²) < 4.78 is 2.20. The summed E-state index contributed by atoms with van der Waals surface area (Å²) in [6, 6.07) is 7.85. The first-order valence-electron chi connectivity index (χ1n) is 5.74. The van der Waals surface area contributed by atoms with Gasteiger partial charge in [-0.2, -0.15) is 0 Å². The number of aromatic nitrogens is 2. The Kier molecular flexibility index (Phi) is 6.61. The van der Waals surface area contributed by atoms with Crippen molar-refractivity contribution in [3.05, 3.63) is 41.7 Å². The average Bonchev–Trinajstić information content (AvgIpc) is 2.77. The summed E-state index contributed by atoms with van der Waals surface area (Å²) in [6.45, 7) is 3.23. The van der Waals surface area contributed by atoms with Crippen molar-refractivity contribution in [1.82, 2.24) is 9.55 Å². The summed E-state index contributed by atoms with van der Waals surface area (Å²) in [5.74, 6) is 0. The lowest BCUT2D eigenvalue weighted by atomic mass is 10.3. The van der Waals surface area contributed by atoms with Gasteiger partial charge in [-0.1, -0.05) is 36.7 Å². The molecule has 1 aromatic carbocycles. The smallest absolute Gasteiger partial charge is 0.172 e. The van der Waals surface area contributed by atoms with Crippen molar-refractivity contribution in [2.24, 2.45) is 0 Å². The maximum absolute atomic E-state index is 5.86. The van der Waals surface area contributed by atoms with Crippen LogP contribution in [-0.2, 0) is 6.54 Å². The lowest BCUT2D eigenvalue weighted by Gasteiger charge is -2.06. The molecule has 0 bridgehead atoms. The van der Waals surface area contributed by atoms with E-state index in [1.807, 2.05) is 36.7 Å². The molecule has 2 rings (SSSR count). The number of rotatable bonds is 5. The monoisotopic (exact) mass is 302 g/mol. The Morgan fingerprint density at radius 1 is 1.28 bits per heavy atom. The minimum absolute atomic E-state index is 0. The van der Waals surface area contributed by atoms with Gasteiger partial charge in [-0.3, -0.25) is 0 Å². The standard InChI is InChI=1S/C13H15ClN2S.ClH/c1-2-3-9-16-10-8-15-13(16)17-12-6-4-11(14)5-7-12;/h4-8,10H,2-3,9H2,1H3;1H. The summed E-state index contributed by atoms with van der Waals surface area (Å²) in [6.07, 6.45) is 6.27. The van der Waals surface area contributed by atoms with Crippen LogP contribution in [0.1, 0.15) is 19.8 Å². The van der Waals surface area contributed by atoms with Crippen molar-refractivity contribution in [3.8, 4) is 0 Å². The van der Waals surface area contributed by atoms with Crippen LogP contribution < -0.4 is 0 Å². The fourth-order valence-corrected chi connectivity index (χ4v) is 2.50. The van der Waals surface area contributed by atoms with Gasteiger partial charge in [0.2, 0.25) is 0 Å². The van der Waals surface area contributed by atoms with Crippen molar-refractivity contribution in [1.29, 1.82) is 0 Å². The Morgan fingerprint density at radius 2 is 2.00 bits per heavy atom. The number of unbranched alkanes of at least 4 members (excludes halogenated alkanes) is 1. The first-order chi connectivity index (χ1) is 8.29. The van der Waals surface area contributed by atoms with E-state index in [1.54, 1.807) is 11.8 Å². The van der Waals surface area contributed by atoms with E-state index in [-0.39, 0.29) is 12.4 Å². The van der Waals surface area contributed by atoms with E-state index >= 15 is 0 Å². The minimum Gasteiger partial charge on any atom is -0.326 e. The van der Waals surface area contributed by atoms with E-state index in [0.717, 1.165) is 16.7 Å². The largest absolute Gasteiger partial charge is 0.326 e. The molecule has 0 saturated heterocycles. The molecule has 0 atom stereocenters. The van der Waals surface area contributed by atoms with Crippen LogP contribution >= 0.6 is 35.8 Å². The van der Waals surface area contributed by atoms with Crippen molar-refractivity contribution >= 4 is 35.8 Å². The molecule has 0 radical (unpaired) electrons. The summed E-state index contributed by atoms with van der Waals surface area (Å²) in [7, 11) is 0. The highest BCUT2D eigenvalue weighted by atomic mass is 35.5. The van der Waals surface area contributed by atoms with Gasteiger partial charge in [0.15, 0.2) is 5.16 Å². The normalized spacial score (nSPS) is 10.1. The van der Waals surface area contributed by atoms with Crippen LogP contribution in [0.4, 0.5) is 0 Å². The van der Waals surface area contributed by atoms with Crippen molar-refractivity contribution in [2.45, 2.75) is 36.4 Å². The lowest BCUT2D eigenvalue weighted by Crippen LogP contribution is -1.97. The number of aryl methyl sites for hydroxylation is 1. The summed E-state index contributed by atoms with van der Waals surface area (Å²) in [5, 5.41) is 1.81. The van der Waals surface area contributed by atoms with E-state index in [1.165, 1.54) is 17.7 Å². The Balaban J connectivity index is 0.00000162. The van der Waals surface area contributed by atoms with Gasteiger partial charge in [-0.15, -0.1) is 12.4 Å². The number of benzene rings is 1. The number of halogens is 2. The van der Waals surface area contributed by atoms with E-state index in [2.05, 4.69) is 16.5 Å². The third-order valence-corrected chi connectivity index (χ3v) is 3.73. The van der Waals surface area contributed by atoms with Crippen molar-refractivity contribution in [3.63, 3.8) is 0 Å². The van der Waals surface area contributed by atoms with Crippen LogP contribution in [-0.4, -0.2) is 9.55 Å². The maximum Gasteiger partial charge on any atom is 0.172 e. The van der Waals surface area contributed by atoms with Crippen LogP contribution in [0.3, 0.4) is 0 Å². The van der Waals surface area contributed by atoms with Gasteiger partial charge in [0.05, 0.1) is 0 Å². The van der Waals surface area contributed by atoms with Gasteiger partial charge in [-0.05, 0) is 30.7 Å². The molecule has 2 aromatic rings. The third kappa shape index (κ3) is 4.23. The van der Waals surface area contributed by atoms with E-state index in [0.29, 0.717) is 0 Å². The SMILES string of the molecule is CCCCn1ccnc1Sc1ccc(Cl)cc1.Cl. The lowest BCUT2D eigenvalue weighted by molar-refractivity contribution is 0.587. The highest BCUT2D eigenvalue weighted by Crippen LogP contribution is 2.27. The van der Waals surface area contributed by atoms with Gasteiger partial charge in [-0.25, -0.2) is 4.98 Å². The molecule has 0 unspecified atom stereocenters. The second-order valence-corrected chi connectivity index (χ2v) is 5.29. The zero-order valence-corrected chi connectivity index (χ0v) is 12.6. The van der Waals surface area contributed by atoms with Crippen LogP contribution in [0.15, 0.2) is 46.7 Å². The van der Waals surface area contributed by atoms with Crippen LogP contribution in [0.5, 0.6) is 0 Å². The fourth-order valence-electron chi connectivity index (χ4n) is 1.51. The molecule has 0 aliphatic rings. The van der Waals surface area contributed by atoms with Gasteiger partial charge < -0.3 is 4.57 Å². The number of nitrogens with zero attached hydrogens (tertiary/aromatic N) is 2. The molecule has 2 nitrogen and oxygen atoms in total. The Hall–Kier alpha value is -0.640. The molecule has 0 aliphatic heterocycles. The van der Waals surface area contributed by atoms with Crippen molar-refractivity contribution < 1.29 is 0 Å².